The van der Waals surface area contributed by atoms with Crippen LogP contribution in [0.3, 0.4) is 0 Å². The monoisotopic (exact) mass is 299 g/mol. The highest BCUT2D eigenvalue weighted by molar-refractivity contribution is 7.89. The van der Waals surface area contributed by atoms with Crippen molar-refractivity contribution in [1.82, 2.24) is 25.2 Å². The highest BCUT2D eigenvalue weighted by Crippen LogP contribution is 2.13. The van der Waals surface area contributed by atoms with E-state index in [4.69, 9.17) is 4.42 Å². The summed E-state index contributed by atoms with van der Waals surface area (Å²) in [5, 5.41) is 9.33. The molecule has 0 unspecified atom stereocenters. The Morgan fingerprint density at radius 1 is 1.40 bits per heavy atom. The Hall–Kier alpha value is -1.71. The second kappa shape index (κ2) is 6.64. The van der Waals surface area contributed by atoms with Crippen LogP contribution in [0.2, 0.25) is 0 Å². The molecule has 0 atom stereocenters. The molecule has 3 N–H and O–H groups in total. The fourth-order valence-electron chi connectivity index (χ4n) is 1.57. The molecule has 0 bridgehead atoms. The summed E-state index contributed by atoms with van der Waals surface area (Å²) in [5.41, 5.74) is 0. The number of nitrogens with one attached hydrogen (secondary N) is 3. The van der Waals surface area contributed by atoms with Crippen LogP contribution in [-0.2, 0) is 23.0 Å². The third-order valence-electron chi connectivity index (χ3n) is 2.57. The summed E-state index contributed by atoms with van der Waals surface area (Å²) in [6, 6.07) is 3.09. The molecule has 8 nitrogen and oxygen atoms in total. The fourth-order valence-corrected chi connectivity index (χ4v) is 2.55. The molecule has 0 aliphatic carbocycles. The first-order valence-corrected chi connectivity index (χ1v) is 7.73. The molecular weight excluding hydrogens is 282 g/mol. The molecule has 2 rings (SSSR count). The molecule has 20 heavy (non-hydrogen) atoms. The van der Waals surface area contributed by atoms with Crippen LogP contribution in [0.25, 0.3) is 0 Å². The molecular formula is C11H17N5O3S. The van der Waals surface area contributed by atoms with Gasteiger partial charge in [-0.2, -0.15) is 5.10 Å². The minimum absolute atomic E-state index is 0.0806. The molecule has 0 spiro atoms. The lowest BCUT2D eigenvalue weighted by molar-refractivity contribution is 0.401. The van der Waals surface area contributed by atoms with Crippen LogP contribution in [0.5, 0.6) is 0 Å². The summed E-state index contributed by atoms with van der Waals surface area (Å²) in [6.45, 7) is 3.48. The van der Waals surface area contributed by atoms with Gasteiger partial charge in [-0.3, -0.25) is 5.10 Å². The van der Waals surface area contributed by atoms with Crippen LogP contribution in [0.15, 0.2) is 28.0 Å². The van der Waals surface area contributed by atoms with Gasteiger partial charge in [0.1, 0.15) is 17.9 Å². The number of hydrogen-bond donors (Lipinski definition) is 3. The van der Waals surface area contributed by atoms with Crippen molar-refractivity contribution in [3.05, 3.63) is 30.0 Å². The zero-order valence-corrected chi connectivity index (χ0v) is 11.9. The van der Waals surface area contributed by atoms with Gasteiger partial charge in [-0.25, -0.2) is 18.1 Å². The summed E-state index contributed by atoms with van der Waals surface area (Å²) in [5.74, 6) is 1.21. The van der Waals surface area contributed by atoms with Gasteiger partial charge in [0.2, 0.25) is 5.09 Å². The maximum Gasteiger partial charge on any atom is 0.273 e. The Labute approximate surface area is 117 Å². The first-order chi connectivity index (χ1) is 9.62. The lowest BCUT2D eigenvalue weighted by Crippen LogP contribution is -2.26. The number of aromatic amines is 1. The quantitative estimate of drug-likeness (QED) is 0.634. The molecule has 0 amide bonds. The van der Waals surface area contributed by atoms with Gasteiger partial charge < -0.3 is 9.73 Å². The molecule has 0 saturated heterocycles. The minimum Gasteiger partial charge on any atom is -0.447 e. The van der Waals surface area contributed by atoms with Gasteiger partial charge in [-0.1, -0.05) is 6.92 Å². The summed E-state index contributed by atoms with van der Waals surface area (Å²) in [6.07, 6.45) is 1.81. The van der Waals surface area contributed by atoms with E-state index in [9.17, 15) is 8.42 Å². The molecule has 0 aliphatic rings. The van der Waals surface area contributed by atoms with Crippen LogP contribution in [0.1, 0.15) is 18.5 Å². The topological polar surface area (TPSA) is 113 Å². The molecule has 0 radical (unpaired) electrons. The number of nitrogens with zero attached hydrogens (tertiary/aromatic N) is 2. The normalized spacial score (nSPS) is 11.8. The lowest BCUT2D eigenvalue weighted by atomic mass is 10.4. The van der Waals surface area contributed by atoms with E-state index >= 15 is 0 Å². The van der Waals surface area contributed by atoms with Gasteiger partial charge in [0.25, 0.3) is 10.0 Å². The zero-order chi connectivity index (χ0) is 14.4. The van der Waals surface area contributed by atoms with Crippen molar-refractivity contribution in [1.29, 1.82) is 0 Å². The Kier molecular flexibility index (Phi) is 4.88. The van der Waals surface area contributed by atoms with Gasteiger partial charge in [-0.15, -0.1) is 0 Å². The van der Waals surface area contributed by atoms with E-state index in [2.05, 4.69) is 25.2 Å². The maximum atomic E-state index is 12.0. The average molecular weight is 299 g/mol. The number of H-pyrrole nitrogens is 1. The van der Waals surface area contributed by atoms with Crippen molar-refractivity contribution >= 4 is 10.0 Å². The van der Waals surface area contributed by atoms with Crippen LogP contribution < -0.4 is 10.0 Å². The molecule has 2 aromatic rings. The van der Waals surface area contributed by atoms with Gasteiger partial charge in [-0.05, 0) is 18.7 Å². The first kappa shape index (κ1) is 14.7. The van der Waals surface area contributed by atoms with Crippen LogP contribution in [-0.4, -0.2) is 36.7 Å². The van der Waals surface area contributed by atoms with E-state index in [0.29, 0.717) is 24.6 Å². The number of hydrogen-bond acceptors (Lipinski definition) is 6. The molecule has 0 fully saturated rings. The highest BCUT2D eigenvalue weighted by atomic mass is 32.2. The first-order valence-electron chi connectivity index (χ1n) is 6.25. The Balaban J connectivity index is 1.90. The number of aromatic nitrogens is 3. The van der Waals surface area contributed by atoms with Crippen LogP contribution >= 0.6 is 0 Å². The van der Waals surface area contributed by atoms with Crippen molar-refractivity contribution in [2.75, 3.05) is 13.1 Å². The van der Waals surface area contributed by atoms with E-state index in [1.54, 1.807) is 6.07 Å². The van der Waals surface area contributed by atoms with Crippen molar-refractivity contribution in [3.8, 4) is 0 Å². The molecule has 0 aliphatic heterocycles. The number of furan rings is 1. The summed E-state index contributed by atoms with van der Waals surface area (Å²) in [4.78, 5) is 3.91. The van der Waals surface area contributed by atoms with Crippen molar-refractivity contribution in [2.45, 2.75) is 25.0 Å². The predicted octanol–water partition coefficient (Wildman–Crippen LogP) is 0.0282. The zero-order valence-electron chi connectivity index (χ0n) is 11.1. The minimum atomic E-state index is -3.62. The number of rotatable bonds is 8. The second-order valence-electron chi connectivity index (χ2n) is 4.08. The van der Waals surface area contributed by atoms with Gasteiger partial charge in [0.05, 0.1) is 6.54 Å². The smallest absolute Gasteiger partial charge is 0.273 e. The predicted molar refractivity (Wildman–Crippen MR) is 71.4 cm³/mol. The summed E-state index contributed by atoms with van der Waals surface area (Å²) < 4.78 is 31.7. The largest absolute Gasteiger partial charge is 0.447 e. The van der Waals surface area contributed by atoms with Gasteiger partial charge in [0, 0.05) is 13.0 Å². The maximum absolute atomic E-state index is 12.0. The SMILES string of the molecule is CCNCc1ccc(S(=O)(=O)NCCc2ncn[nH]2)o1. The van der Waals surface area contributed by atoms with E-state index in [1.807, 2.05) is 6.92 Å². The molecule has 9 heteroatoms. The molecule has 0 saturated carbocycles. The Bertz CT molecular complexity index is 620. The third kappa shape index (κ3) is 3.89. The van der Waals surface area contributed by atoms with E-state index in [-0.39, 0.29) is 11.6 Å². The molecule has 2 aromatic heterocycles. The Morgan fingerprint density at radius 2 is 2.25 bits per heavy atom. The molecule has 2 heterocycles. The van der Waals surface area contributed by atoms with Crippen LogP contribution in [0, 0.1) is 0 Å². The van der Waals surface area contributed by atoms with E-state index in [0.717, 1.165) is 6.54 Å². The van der Waals surface area contributed by atoms with Crippen molar-refractivity contribution in [3.63, 3.8) is 0 Å². The van der Waals surface area contributed by atoms with Crippen molar-refractivity contribution in [2.24, 2.45) is 0 Å². The van der Waals surface area contributed by atoms with Gasteiger partial charge in [0.15, 0.2) is 0 Å². The molecule has 0 aromatic carbocycles. The number of sulfonamides is 1. The lowest BCUT2D eigenvalue weighted by Gasteiger charge is -2.03. The third-order valence-corrected chi connectivity index (χ3v) is 3.90. The standard InChI is InChI=1S/C11H17N5O3S/c1-2-12-7-9-3-4-11(19-9)20(17,18)15-6-5-10-13-8-14-16-10/h3-4,8,12,15H,2,5-7H2,1H3,(H,13,14,16). The highest BCUT2D eigenvalue weighted by Gasteiger charge is 2.18. The fraction of sp³-hybridized carbons (Fsp3) is 0.455. The van der Waals surface area contributed by atoms with Crippen LogP contribution in [0.4, 0.5) is 0 Å². The summed E-state index contributed by atoms with van der Waals surface area (Å²) >= 11 is 0. The summed E-state index contributed by atoms with van der Waals surface area (Å²) in [7, 11) is -3.62. The Morgan fingerprint density at radius 3 is 2.95 bits per heavy atom. The molecule has 110 valence electrons. The van der Waals surface area contributed by atoms with Crippen molar-refractivity contribution < 1.29 is 12.8 Å². The van der Waals surface area contributed by atoms with E-state index < -0.39 is 10.0 Å². The second-order valence-corrected chi connectivity index (χ2v) is 5.78. The average Bonchev–Trinajstić information content (AvgIpc) is 3.07. The van der Waals surface area contributed by atoms with Gasteiger partial charge >= 0.3 is 0 Å². The van der Waals surface area contributed by atoms with E-state index in [1.165, 1.54) is 12.4 Å².